The van der Waals surface area contributed by atoms with Crippen molar-refractivity contribution in [1.82, 2.24) is 20.2 Å². The smallest absolute Gasteiger partial charge is 0.324 e. The number of hydrogen-bond acceptors (Lipinski definition) is 5. The summed E-state index contributed by atoms with van der Waals surface area (Å²) >= 11 is 5.97. The first-order chi connectivity index (χ1) is 11.6. The van der Waals surface area contributed by atoms with Gasteiger partial charge in [0.15, 0.2) is 0 Å². The maximum absolute atomic E-state index is 11.4. The Hall–Kier alpha value is -2.41. The molecule has 0 unspecified atom stereocenters. The number of carbonyl (C=O) groups excluding carboxylic acids is 2. The minimum Gasteiger partial charge on any atom is -0.369 e. The summed E-state index contributed by atoms with van der Waals surface area (Å²) in [5, 5.41) is 7.39. The molecule has 1 aliphatic heterocycles. The molecule has 0 saturated carbocycles. The Balaban J connectivity index is 1.44. The van der Waals surface area contributed by atoms with Crippen molar-refractivity contribution in [3.8, 4) is 0 Å². The second-order valence-corrected chi connectivity index (χ2v) is 6.01. The molecule has 0 atom stereocenters. The zero-order chi connectivity index (χ0) is 16.9. The predicted octanol–water partition coefficient (Wildman–Crippen LogP) is 2.42. The lowest BCUT2D eigenvalue weighted by atomic mass is 10.2. The van der Waals surface area contributed by atoms with E-state index in [1.54, 1.807) is 0 Å². The second kappa shape index (κ2) is 7.44. The Labute approximate surface area is 144 Å². The van der Waals surface area contributed by atoms with E-state index in [-0.39, 0.29) is 18.5 Å². The summed E-state index contributed by atoms with van der Waals surface area (Å²) in [5.74, 6) is 0.634. The summed E-state index contributed by atoms with van der Waals surface area (Å²) in [4.78, 5) is 32.6. The SMILES string of the molecule is O=C1CNC(=O)N1CCCCCNc1ncnc2cc(Cl)ccc12. The van der Waals surface area contributed by atoms with Crippen LogP contribution in [0.3, 0.4) is 0 Å². The molecule has 1 fully saturated rings. The van der Waals surface area contributed by atoms with Crippen LogP contribution >= 0.6 is 11.6 Å². The number of carbonyl (C=O) groups is 2. The van der Waals surface area contributed by atoms with Crippen molar-refractivity contribution >= 4 is 40.3 Å². The summed E-state index contributed by atoms with van der Waals surface area (Å²) in [5.41, 5.74) is 0.804. The van der Waals surface area contributed by atoms with Gasteiger partial charge in [-0.15, -0.1) is 0 Å². The van der Waals surface area contributed by atoms with Gasteiger partial charge in [-0.05, 0) is 37.5 Å². The molecule has 7 nitrogen and oxygen atoms in total. The van der Waals surface area contributed by atoms with Crippen molar-refractivity contribution in [3.63, 3.8) is 0 Å². The van der Waals surface area contributed by atoms with Crippen LogP contribution in [0.5, 0.6) is 0 Å². The third-order valence-corrected chi connectivity index (χ3v) is 4.12. The number of amides is 3. The van der Waals surface area contributed by atoms with Gasteiger partial charge in [0.1, 0.15) is 12.1 Å². The number of benzene rings is 1. The van der Waals surface area contributed by atoms with Gasteiger partial charge in [-0.25, -0.2) is 14.8 Å². The Kier molecular flexibility index (Phi) is 5.10. The van der Waals surface area contributed by atoms with Crippen LogP contribution < -0.4 is 10.6 Å². The fourth-order valence-corrected chi connectivity index (χ4v) is 2.80. The van der Waals surface area contributed by atoms with E-state index in [1.165, 1.54) is 11.2 Å². The van der Waals surface area contributed by atoms with Crippen LogP contribution in [0.4, 0.5) is 10.6 Å². The largest absolute Gasteiger partial charge is 0.369 e. The first kappa shape index (κ1) is 16.4. The number of anilines is 1. The second-order valence-electron chi connectivity index (χ2n) is 5.58. The van der Waals surface area contributed by atoms with Gasteiger partial charge in [-0.2, -0.15) is 0 Å². The van der Waals surface area contributed by atoms with E-state index in [1.807, 2.05) is 18.2 Å². The molecule has 2 heterocycles. The van der Waals surface area contributed by atoms with E-state index in [9.17, 15) is 9.59 Å². The third-order valence-electron chi connectivity index (χ3n) is 3.89. The zero-order valence-electron chi connectivity index (χ0n) is 13.1. The van der Waals surface area contributed by atoms with Gasteiger partial charge in [0.05, 0.1) is 12.1 Å². The lowest BCUT2D eigenvalue weighted by Gasteiger charge is -2.12. The molecule has 2 aromatic rings. The minimum atomic E-state index is -0.288. The summed E-state index contributed by atoms with van der Waals surface area (Å²) in [6, 6.07) is 5.24. The van der Waals surface area contributed by atoms with Crippen molar-refractivity contribution < 1.29 is 9.59 Å². The Bertz CT molecular complexity index is 751. The highest BCUT2D eigenvalue weighted by Gasteiger charge is 2.27. The lowest BCUT2D eigenvalue weighted by molar-refractivity contribution is -0.125. The fraction of sp³-hybridized carbons (Fsp3) is 0.375. The monoisotopic (exact) mass is 347 g/mol. The number of imide groups is 1. The highest BCUT2D eigenvalue weighted by Crippen LogP contribution is 2.22. The van der Waals surface area contributed by atoms with E-state index < -0.39 is 0 Å². The predicted molar refractivity (Wildman–Crippen MR) is 92.0 cm³/mol. The minimum absolute atomic E-state index is 0.116. The maximum Gasteiger partial charge on any atom is 0.324 e. The van der Waals surface area contributed by atoms with Gasteiger partial charge in [-0.3, -0.25) is 9.69 Å². The molecule has 1 saturated heterocycles. The molecule has 126 valence electrons. The van der Waals surface area contributed by atoms with Crippen molar-refractivity contribution in [2.75, 3.05) is 25.0 Å². The first-order valence-corrected chi connectivity index (χ1v) is 8.25. The first-order valence-electron chi connectivity index (χ1n) is 7.87. The number of fused-ring (bicyclic) bond motifs is 1. The van der Waals surface area contributed by atoms with Crippen LogP contribution in [-0.2, 0) is 4.79 Å². The number of urea groups is 1. The molecule has 0 bridgehead atoms. The van der Waals surface area contributed by atoms with E-state index in [2.05, 4.69) is 20.6 Å². The van der Waals surface area contributed by atoms with Crippen LogP contribution in [0, 0.1) is 0 Å². The highest BCUT2D eigenvalue weighted by molar-refractivity contribution is 6.31. The molecular weight excluding hydrogens is 330 g/mol. The van der Waals surface area contributed by atoms with Gasteiger partial charge >= 0.3 is 6.03 Å². The standard InChI is InChI=1S/C16H18ClN5O2/c17-11-4-5-12-13(8-11)20-10-21-15(12)18-6-2-1-3-7-22-14(23)9-19-16(22)24/h4-5,8,10H,1-3,6-7,9H2,(H,19,24)(H,18,20,21). The summed E-state index contributed by atoms with van der Waals surface area (Å²) in [7, 11) is 0. The number of nitrogens with zero attached hydrogens (tertiary/aromatic N) is 3. The van der Waals surface area contributed by atoms with Crippen LogP contribution in [0.1, 0.15) is 19.3 Å². The Morgan fingerprint density at radius 1 is 1.21 bits per heavy atom. The molecule has 0 spiro atoms. The molecule has 1 aromatic heterocycles. The topological polar surface area (TPSA) is 87.2 Å². The zero-order valence-corrected chi connectivity index (χ0v) is 13.8. The number of hydrogen-bond donors (Lipinski definition) is 2. The van der Waals surface area contributed by atoms with Crippen LogP contribution in [-0.4, -0.2) is 46.4 Å². The molecular formula is C16H18ClN5O2. The van der Waals surface area contributed by atoms with E-state index in [0.29, 0.717) is 11.6 Å². The number of unbranched alkanes of at least 4 members (excludes halogenated alkanes) is 2. The number of rotatable bonds is 7. The van der Waals surface area contributed by atoms with E-state index >= 15 is 0 Å². The molecule has 2 N–H and O–H groups in total. The van der Waals surface area contributed by atoms with Crippen LogP contribution in [0.25, 0.3) is 10.9 Å². The lowest BCUT2D eigenvalue weighted by Crippen LogP contribution is -2.31. The average molecular weight is 348 g/mol. The third kappa shape index (κ3) is 3.73. The number of nitrogens with one attached hydrogen (secondary N) is 2. The average Bonchev–Trinajstić information content (AvgIpc) is 2.89. The molecule has 24 heavy (non-hydrogen) atoms. The Morgan fingerprint density at radius 2 is 2.08 bits per heavy atom. The summed E-state index contributed by atoms with van der Waals surface area (Å²) in [6.45, 7) is 1.35. The van der Waals surface area contributed by atoms with E-state index in [4.69, 9.17) is 11.6 Å². The van der Waals surface area contributed by atoms with Gasteiger partial charge < -0.3 is 10.6 Å². The summed E-state index contributed by atoms with van der Waals surface area (Å²) < 4.78 is 0. The molecule has 3 rings (SSSR count). The Morgan fingerprint density at radius 3 is 2.88 bits per heavy atom. The normalized spacial score (nSPS) is 14.3. The fourth-order valence-electron chi connectivity index (χ4n) is 2.63. The summed E-state index contributed by atoms with van der Waals surface area (Å²) in [6.07, 6.45) is 4.14. The van der Waals surface area contributed by atoms with Gasteiger partial charge in [-0.1, -0.05) is 11.6 Å². The molecule has 0 radical (unpaired) electrons. The molecule has 1 aromatic carbocycles. The van der Waals surface area contributed by atoms with Gasteiger partial charge in [0.2, 0.25) is 5.91 Å². The van der Waals surface area contributed by atoms with Gasteiger partial charge in [0.25, 0.3) is 0 Å². The molecule has 3 amide bonds. The van der Waals surface area contributed by atoms with Crippen molar-refractivity contribution in [2.45, 2.75) is 19.3 Å². The maximum atomic E-state index is 11.4. The highest BCUT2D eigenvalue weighted by atomic mass is 35.5. The quantitative estimate of drug-likeness (QED) is 0.593. The van der Waals surface area contributed by atoms with Crippen LogP contribution in [0.15, 0.2) is 24.5 Å². The van der Waals surface area contributed by atoms with Crippen molar-refractivity contribution in [3.05, 3.63) is 29.5 Å². The molecule has 1 aliphatic rings. The van der Waals surface area contributed by atoms with E-state index in [0.717, 1.165) is 42.5 Å². The van der Waals surface area contributed by atoms with Crippen molar-refractivity contribution in [1.29, 1.82) is 0 Å². The van der Waals surface area contributed by atoms with Gasteiger partial charge in [0, 0.05) is 23.5 Å². The molecule has 0 aliphatic carbocycles. The number of halogens is 1. The van der Waals surface area contributed by atoms with Crippen molar-refractivity contribution in [2.24, 2.45) is 0 Å². The van der Waals surface area contributed by atoms with Crippen LogP contribution in [0.2, 0.25) is 5.02 Å². The number of aromatic nitrogens is 2. The molecule has 8 heteroatoms.